The number of nitrogens with one attached hydrogen (secondary N) is 1. The molecule has 4 aromatic rings. The molecule has 4 heterocycles. The first-order valence-electron chi connectivity index (χ1n) is 11.4. The van der Waals surface area contributed by atoms with Crippen LogP contribution < -0.4 is 40.0 Å². The van der Waals surface area contributed by atoms with Crippen molar-refractivity contribution >= 4 is 39.7 Å². The molecule has 0 aliphatic heterocycles. The van der Waals surface area contributed by atoms with Gasteiger partial charge in [0.2, 0.25) is 5.95 Å². The monoisotopic (exact) mass is 484 g/mol. The number of hydrogen-bond donors (Lipinski definition) is 2. The molecule has 2 N–H and O–H groups in total. The predicted molar refractivity (Wildman–Crippen MR) is 129 cm³/mol. The summed E-state index contributed by atoms with van der Waals surface area (Å²) in [6, 6.07) is 5.92. The van der Waals surface area contributed by atoms with Crippen molar-refractivity contribution in [2.45, 2.75) is 64.5 Å². The molecule has 35 heavy (non-hydrogen) atoms. The van der Waals surface area contributed by atoms with E-state index in [4.69, 9.17) is 10.1 Å². The van der Waals surface area contributed by atoms with Gasteiger partial charge < -0.3 is 20.1 Å². The minimum Gasteiger partial charge on any atom is -0.850 e. The largest absolute Gasteiger partial charge is 1.00 e. The molecule has 1 fully saturated rings. The van der Waals surface area contributed by atoms with Gasteiger partial charge in [-0.25, -0.2) is 9.97 Å². The van der Waals surface area contributed by atoms with Crippen LogP contribution >= 0.6 is 0 Å². The standard InChI is InChI=1S/C21H20N6O2.C4H9O.Na/c28-19(29)9-13-5-6-18(23-10-13)25-21-24-11-16-15-7-8-22-12-17(15)27(20(16)26-21)14-3-1-2-4-14;1-4(2,3)5;/h5-8,10-12,14H,1-4,9H2,(H,28,29)(H,23,24,25,26);1-3H3;/q;-1;+1. The molecule has 0 radical (unpaired) electrons. The molecule has 0 atom stereocenters. The van der Waals surface area contributed by atoms with Gasteiger partial charge in [-0.1, -0.05) is 39.7 Å². The van der Waals surface area contributed by atoms with Crippen LogP contribution in [0.25, 0.3) is 21.9 Å². The quantitative estimate of drug-likeness (QED) is 0.402. The zero-order valence-corrected chi connectivity index (χ0v) is 22.7. The number of carboxylic acids is 1. The number of rotatable bonds is 5. The predicted octanol–water partition coefficient (Wildman–Crippen LogP) is 1.01. The fourth-order valence-corrected chi connectivity index (χ4v) is 4.15. The maximum absolute atomic E-state index is 10.8. The summed E-state index contributed by atoms with van der Waals surface area (Å²) >= 11 is 0. The molecular formula is C25H29N6NaO3. The summed E-state index contributed by atoms with van der Waals surface area (Å²) in [5.41, 5.74) is 1.89. The minimum atomic E-state index is -0.879. The van der Waals surface area contributed by atoms with Crippen molar-refractivity contribution in [2.75, 3.05) is 5.32 Å². The maximum Gasteiger partial charge on any atom is 1.00 e. The topological polar surface area (TPSA) is 129 Å². The van der Waals surface area contributed by atoms with Crippen LogP contribution in [-0.4, -0.2) is 41.2 Å². The van der Waals surface area contributed by atoms with Gasteiger partial charge in [0.15, 0.2) is 0 Å². The Morgan fingerprint density at radius 2 is 1.83 bits per heavy atom. The molecule has 0 bridgehead atoms. The first kappa shape index (κ1) is 27.0. The van der Waals surface area contributed by atoms with Crippen LogP contribution in [0, 0.1) is 0 Å². The second-order valence-electron chi connectivity index (χ2n) is 9.49. The molecule has 1 aliphatic rings. The van der Waals surface area contributed by atoms with Crippen LogP contribution in [-0.2, 0) is 11.2 Å². The van der Waals surface area contributed by atoms with Gasteiger partial charge in [-0.3, -0.25) is 9.78 Å². The molecular weight excluding hydrogens is 455 g/mol. The first-order chi connectivity index (χ1) is 16.2. The van der Waals surface area contributed by atoms with E-state index in [0.29, 0.717) is 23.4 Å². The third-order valence-electron chi connectivity index (χ3n) is 5.46. The van der Waals surface area contributed by atoms with Crippen LogP contribution in [0.2, 0.25) is 0 Å². The number of nitrogens with zero attached hydrogens (tertiary/aromatic N) is 5. The number of fused-ring (bicyclic) bond motifs is 3. The van der Waals surface area contributed by atoms with Crippen LogP contribution in [0.15, 0.2) is 43.0 Å². The van der Waals surface area contributed by atoms with Gasteiger partial charge in [-0.15, -0.1) is 5.60 Å². The van der Waals surface area contributed by atoms with Gasteiger partial charge >= 0.3 is 35.5 Å². The van der Waals surface area contributed by atoms with Gasteiger partial charge in [0.25, 0.3) is 0 Å². The molecule has 178 valence electrons. The number of aliphatic carboxylic acids is 1. The normalized spacial score (nSPS) is 13.8. The Morgan fingerprint density at radius 3 is 2.46 bits per heavy atom. The molecule has 4 aromatic heterocycles. The Balaban J connectivity index is 0.000000521. The maximum atomic E-state index is 10.8. The fourth-order valence-electron chi connectivity index (χ4n) is 4.15. The van der Waals surface area contributed by atoms with Crippen molar-refractivity contribution in [1.82, 2.24) is 24.5 Å². The number of anilines is 2. The summed E-state index contributed by atoms with van der Waals surface area (Å²) < 4.78 is 2.31. The molecule has 5 rings (SSSR count). The first-order valence-corrected chi connectivity index (χ1v) is 11.4. The molecule has 1 saturated carbocycles. The number of carbonyl (C=O) groups is 1. The van der Waals surface area contributed by atoms with E-state index in [0.717, 1.165) is 34.8 Å². The zero-order chi connectivity index (χ0) is 24.3. The second kappa shape index (κ2) is 11.4. The Hall–Kier alpha value is -2.59. The number of aromatic nitrogens is 5. The van der Waals surface area contributed by atoms with E-state index >= 15 is 0 Å². The van der Waals surface area contributed by atoms with Crippen LogP contribution in [0.3, 0.4) is 0 Å². The summed E-state index contributed by atoms with van der Waals surface area (Å²) in [6.07, 6.45) is 11.8. The van der Waals surface area contributed by atoms with Crippen molar-refractivity contribution in [3.8, 4) is 0 Å². The summed E-state index contributed by atoms with van der Waals surface area (Å²) in [4.78, 5) is 28.7. The van der Waals surface area contributed by atoms with E-state index < -0.39 is 11.6 Å². The van der Waals surface area contributed by atoms with Crippen molar-refractivity contribution in [3.63, 3.8) is 0 Å². The molecule has 9 nitrogen and oxygen atoms in total. The molecule has 1 aliphatic carbocycles. The number of hydrogen-bond acceptors (Lipinski definition) is 7. The Bertz CT molecular complexity index is 1290. The van der Waals surface area contributed by atoms with E-state index in [9.17, 15) is 9.90 Å². The van der Waals surface area contributed by atoms with Crippen LogP contribution in [0.1, 0.15) is 58.1 Å². The smallest absolute Gasteiger partial charge is 0.850 e. The summed E-state index contributed by atoms with van der Waals surface area (Å²) in [5.74, 6) is 0.158. The van der Waals surface area contributed by atoms with E-state index in [-0.39, 0.29) is 36.0 Å². The second-order valence-corrected chi connectivity index (χ2v) is 9.49. The minimum absolute atomic E-state index is 0. The molecule has 10 heteroatoms. The number of pyridine rings is 2. The van der Waals surface area contributed by atoms with E-state index in [1.165, 1.54) is 12.8 Å². The van der Waals surface area contributed by atoms with Crippen molar-refractivity contribution in [1.29, 1.82) is 0 Å². The van der Waals surface area contributed by atoms with Gasteiger partial charge in [0, 0.05) is 35.4 Å². The summed E-state index contributed by atoms with van der Waals surface area (Å²) in [7, 11) is 0. The van der Waals surface area contributed by atoms with Crippen molar-refractivity contribution in [3.05, 3.63) is 48.5 Å². The SMILES string of the molecule is CC(C)(C)[O-].O=C(O)Cc1ccc(Nc2ncc3c4ccncc4n(C4CCCC4)c3n2)nc1.[Na+]. The Morgan fingerprint density at radius 1 is 1.11 bits per heavy atom. The fraction of sp³-hybridized carbons (Fsp3) is 0.400. The molecule has 0 aromatic carbocycles. The summed E-state index contributed by atoms with van der Waals surface area (Å²) in [5, 5.41) is 24.2. The average molecular weight is 485 g/mol. The molecule has 0 unspecified atom stereocenters. The third kappa shape index (κ3) is 6.98. The van der Waals surface area contributed by atoms with Gasteiger partial charge in [0.1, 0.15) is 11.5 Å². The van der Waals surface area contributed by atoms with Gasteiger partial charge in [-0.2, -0.15) is 4.98 Å². The Labute approximate surface area is 226 Å². The summed E-state index contributed by atoms with van der Waals surface area (Å²) in [6.45, 7) is 4.90. The van der Waals surface area contributed by atoms with Crippen molar-refractivity contribution < 1.29 is 44.6 Å². The van der Waals surface area contributed by atoms with Crippen LogP contribution in [0.5, 0.6) is 0 Å². The molecule has 0 amide bonds. The van der Waals surface area contributed by atoms with E-state index in [2.05, 4.69) is 24.8 Å². The van der Waals surface area contributed by atoms with E-state index in [1.807, 2.05) is 18.5 Å². The average Bonchev–Trinajstić information content (AvgIpc) is 3.39. The zero-order valence-electron chi connectivity index (χ0n) is 20.7. The van der Waals surface area contributed by atoms with E-state index in [1.54, 1.807) is 45.3 Å². The third-order valence-corrected chi connectivity index (χ3v) is 5.46. The van der Waals surface area contributed by atoms with Crippen LogP contribution in [0.4, 0.5) is 11.8 Å². The van der Waals surface area contributed by atoms with Gasteiger partial charge in [-0.05, 0) is 30.5 Å². The Kier molecular flexibility index (Phi) is 8.82. The molecule has 0 saturated heterocycles. The van der Waals surface area contributed by atoms with Crippen molar-refractivity contribution in [2.24, 2.45) is 0 Å². The van der Waals surface area contributed by atoms with Gasteiger partial charge in [0.05, 0.1) is 18.1 Å². The molecule has 0 spiro atoms. The number of carboxylic acid groups (broad SMARTS) is 1.